The molecule has 1 aromatic rings. The van der Waals surface area contributed by atoms with Gasteiger partial charge in [-0.25, -0.2) is 4.79 Å². The van der Waals surface area contributed by atoms with Crippen LogP contribution in [0.2, 0.25) is 0 Å². The van der Waals surface area contributed by atoms with Crippen LogP contribution in [0.3, 0.4) is 0 Å². The summed E-state index contributed by atoms with van der Waals surface area (Å²) in [5.41, 5.74) is 3.11. The number of ether oxygens (including phenoxy) is 3. The summed E-state index contributed by atoms with van der Waals surface area (Å²) in [6, 6.07) is 3.25. The van der Waals surface area contributed by atoms with Crippen molar-refractivity contribution in [3.63, 3.8) is 0 Å². The molecule has 3 heterocycles. The first-order valence-corrected chi connectivity index (χ1v) is 15.0. The van der Waals surface area contributed by atoms with Crippen molar-refractivity contribution in [1.82, 2.24) is 0 Å². The normalized spacial score (nSPS) is 37.3. The van der Waals surface area contributed by atoms with Crippen LogP contribution >= 0.6 is 0 Å². The molecule has 0 aromatic heterocycles. The van der Waals surface area contributed by atoms with Gasteiger partial charge in [0.05, 0.1) is 30.3 Å². The molecule has 1 aromatic carbocycles. The minimum Gasteiger partial charge on any atom is -0.508 e. The van der Waals surface area contributed by atoms with Crippen LogP contribution in [0, 0.1) is 24.7 Å². The van der Waals surface area contributed by atoms with Crippen molar-refractivity contribution >= 4 is 17.3 Å². The summed E-state index contributed by atoms with van der Waals surface area (Å²) in [6.07, 6.45) is 7.88. The number of hydrogen-bond acceptors (Lipinski definition) is 7. The summed E-state index contributed by atoms with van der Waals surface area (Å²) in [4.78, 5) is 27.0. The van der Waals surface area contributed by atoms with Gasteiger partial charge in [0, 0.05) is 24.7 Å². The number of allylic oxidation sites excluding steroid dienone is 3. The third kappa shape index (κ3) is 6.85. The molecule has 0 aliphatic carbocycles. The van der Waals surface area contributed by atoms with Crippen molar-refractivity contribution in [2.24, 2.45) is 17.8 Å². The highest BCUT2D eigenvalue weighted by Gasteiger charge is 2.52. The quantitative estimate of drug-likeness (QED) is 0.313. The number of hydrogen-bond donors (Lipinski definition) is 2. The van der Waals surface area contributed by atoms with Gasteiger partial charge in [-0.05, 0) is 67.5 Å². The van der Waals surface area contributed by atoms with E-state index in [1.54, 1.807) is 19.1 Å². The number of ketones is 1. The molecule has 0 radical (unpaired) electrons. The van der Waals surface area contributed by atoms with Gasteiger partial charge in [-0.3, -0.25) is 4.79 Å². The van der Waals surface area contributed by atoms with E-state index in [4.69, 9.17) is 14.2 Å². The zero-order valence-corrected chi connectivity index (χ0v) is 25.5. The van der Waals surface area contributed by atoms with Gasteiger partial charge in [-0.1, -0.05) is 58.4 Å². The Hall–Kier alpha value is -2.74. The standard InChI is InChI=1S/C34H46O7/c1-8-19(2)32-24(7)30(36)18-34(41-32)17-26-15-25(40-34)13-12-22(5)31(37)21(4)11-9-10-20(3)27-16-29(35)23(6)14-28(27)33(38)39-26/h9-12,14,16,19,21,24-26,31-32,35,37H,8,13,15,17-18H2,1-7H3/b11-9+,20-10+,22-12+/t19-,21-,24-,25+,26-,31-,32-,34-/m0/s1. The van der Waals surface area contributed by atoms with E-state index in [-0.39, 0.29) is 54.3 Å². The van der Waals surface area contributed by atoms with Crippen LogP contribution in [-0.4, -0.2) is 52.2 Å². The van der Waals surface area contributed by atoms with E-state index in [2.05, 4.69) is 13.8 Å². The van der Waals surface area contributed by atoms with Gasteiger partial charge < -0.3 is 24.4 Å². The number of carbonyl (C=O) groups is 2. The monoisotopic (exact) mass is 566 g/mol. The van der Waals surface area contributed by atoms with Gasteiger partial charge in [-0.15, -0.1) is 0 Å². The third-order valence-corrected chi connectivity index (χ3v) is 9.13. The van der Waals surface area contributed by atoms with Crippen molar-refractivity contribution in [1.29, 1.82) is 0 Å². The zero-order chi connectivity index (χ0) is 30.1. The largest absolute Gasteiger partial charge is 0.508 e. The van der Waals surface area contributed by atoms with Gasteiger partial charge in [0.1, 0.15) is 17.6 Å². The maximum Gasteiger partial charge on any atom is 0.339 e. The number of esters is 1. The molecule has 0 unspecified atom stereocenters. The van der Waals surface area contributed by atoms with Gasteiger partial charge in [0.25, 0.3) is 0 Å². The number of aliphatic hydroxyl groups excluding tert-OH is 1. The molecule has 1 spiro atoms. The van der Waals surface area contributed by atoms with Crippen molar-refractivity contribution in [3.8, 4) is 5.75 Å². The maximum atomic E-state index is 13.7. The number of Topliss-reactive ketones (excluding diaryl/α,β-unsaturated/α-hetero) is 1. The minimum absolute atomic E-state index is 0.0920. The van der Waals surface area contributed by atoms with Crippen LogP contribution in [-0.2, 0) is 19.0 Å². The van der Waals surface area contributed by atoms with Crippen LogP contribution in [0.1, 0.15) is 95.1 Å². The number of phenols is 1. The van der Waals surface area contributed by atoms with E-state index < -0.39 is 24.0 Å². The Balaban J connectivity index is 1.77. The molecule has 2 saturated heterocycles. The highest BCUT2D eigenvalue weighted by Crippen LogP contribution is 2.44. The summed E-state index contributed by atoms with van der Waals surface area (Å²) in [6.45, 7) is 13.6. The van der Waals surface area contributed by atoms with Crippen LogP contribution in [0.4, 0.5) is 0 Å². The highest BCUT2D eigenvalue weighted by molar-refractivity contribution is 5.96. The number of carbonyl (C=O) groups excluding carboxylic acids is 2. The molecule has 3 aliphatic heterocycles. The molecule has 2 bridgehead atoms. The Labute approximate surface area is 244 Å². The van der Waals surface area contributed by atoms with E-state index in [0.717, 1.165) is 17.6 Å². The summed E-state index contributed by atoms with van der Waals surface area (Å²) in [5.74, 6) is -1.72. The number of aromatic hydroxyl groups is 1. The molecule has 7 nitrogen and oxygen atoms in total. The highest BCUT2D eigenvalue weighted by atomic mass is 16.7. The van der Waals surface area contributed by atoms with Crippen molar-refractivity contribution in [2.75, 3.05) is 0 Å². The minimum atomic E-state index is -1.18. The van der Waals surface area contributed by atoms with Gasteiger partial charge in [-0.2, -0.15) is 0 Å². The lowest BCUT2D eigenvalue weighted by Gasteiger charge is -2.50. The second-order valence-electron chi connectivity index (χ2n) is 12.4. The average Bonchev–Trinajstić information content (AvgIpc) is 2.93. The molecule has 0 saturated carbocycles. The first kappa shape index (κ1) is 31.2. The summed E-state index contributed by atoms with van der Waals surface area (Å²) in [5, 5.41) is 21.5. The predicted molar refractivity (Wildman–Crippen MR) is 158 cm³/mol. The van der Waals surface area contributed by atoms with E-state index >= 15 is 0 Å². The number of rotatable bonds is 2. The molecule has 2 fully saturated rings. The predicted octanol–water partition coefficient (Wildman–Crippen LogP) is 6.45. The van der Waals surface area contributed by atoms with Crippen LogP contribution in [0.25, 0.3) is 5.57 Å². The second-order valence-corrected chi connectivity index (χ2v) is 12.4. The van der Waals surface area contributed by atoms with E-state index in [1.807, 2.05) is 52.0 Å². The SMILES string of the molecule is CC[C@H](C)[C@@H]1O[C@]2(CC(=O)[C@@H]1C)C[C@@H]1C[C@@H](C/C=C(\C)[C@@H](O)[C@@H](C)/C=C/C=C(\C)c3cc(O)c(C)cc3C(=O)O1)O2. The number of aliphatic hydroxyl groups is 1. The first-order chi connectivity index (χ1) is 19.3. The molecule has 7 heteroatoms. The van der Waals surface area contributed by atoms with Crippen LogP contribution < -0.4 is 0 Å². The van der Waals surface area contributed by atoms with Crippen molar-refractivity contribution in [3.05, 3.63) is 58.7 Å². The lowest BCUT2D eigenvalue weighted by atomic mass is 9.80. The van der Waals surface area contributed by atoms with Gasteiger partial charge in [0.15, 0.2) is 5.79 Å². The fraction of sp³-hybridized carbons (Fsp3) is 0.588. The maximum absolute atomic E-state index is 13.7. The molecule has 4 rings (SSSR count). The molecule has 41 heavy (non-hydrogen) atoms. The van der Waals surface area contributed by atoms with Crippen molar-refractivity contribution < 1.29 is 34.0 Å². The summed E-state index contributed by atoms with van der Waals surface area (Å²) in [7, 11) is 0. The second kappa shape index (κ2) is 12.6. The first-order valence-electron chi connectivity index (χ1n) is 15.0. The van der Waals surface area contributed by atoms with Gasteiger partial charge in [0.2, 0.25) is 0 Å². The Morgan fingerprint density at radius 1 is 1.07 bits per heavy atom. The van der Waals surface area contributed by atoms with E-state index in [1.165, 1.54) is 0 Å². The Morgan fingerprint density at radius 3 is 2.51 bits per heavy atom. The fourth-order valence-electron chi connectivity index (χ4n) is 6.22. The molecule has 3 aliphatic rings. The number of fused-ring (bicyclic) bond motifs is 3. The number of benzene rings is 1. The topological polar surface area (TPSA) is 102 Å². The molecule has 224 valence electrons. The van der Waals surface area contributed by atoms with Gasteiger partial charge >= 0.3 is 5.97 Å². The van der Waals surface area contributed by atoms with Crippen LogP contribution in [0.5, 0.6) is 5.75 Å². The van der Waals surface area contributed by atoms with E-state index in [9.17, 15) is 19.8 Å². The Morgan fingerprint density at radius 2 is 1.80 bits per heavy atom. The molecule has 8 atom stereocenters. The zero-order valence-electron chi connectivity index (χ0n) is 25.5. The molecule has 0 amide bonds. The average molecular weight is 567 g/mol. The molecular weight excluding hydrogens is 520 g/mol. The molecular formula is C34H46O7. The lowest BCUT2D eigenvalue weighted by Crippen LogP contribution is -2.57. The van der Waals surface area contributed by atoms with E-state index in [0.29, 0.717) is 29.5 Å². The smallest absolute Gasteiger partial charge is 0.339 e. The Kier molecular flexibility index (Phi) is 9.62. The summed E-state index contributed by atoms with van der Waals surface area (Å²) < 4.78 is 19.4. The summed E-state index contributed by atoms with van der Waals surface area (Å²) >= 11 is 0. The number of aryl methyl sites for hydroxylation is 1. The fourth-order valence-corrected chi connectivity index (χ4v) is 6.22. The van der Waals surface area contributed by atoms with Crippen LogP contribution in [0.15, 0.2) is 42.0 Å². The number of phenolic OH excluding ortho intramolecular Hbond substituents is 1. The molecule has 2 N–H and O–H groups in total. The Bertz CT molecular complexity index is 1240. The third-order valence-electron chi connectivity index (χ3n) is 9.13. The van der Waals surface area contributed by atoms with Crippen molar-refractivity contribution in [2.45, 2.75) is 111 Å². The lowest BCUT2D eigenvalue weighted by molar-refractivity contribution is -0.328.